The number of nitrogens with two attached hydrogens (primary N) is 1. The average molecular weight is 266 g/mol. The Morgan fingerprint density at radius 2 is 1.93 bits per heavy atom. The van der Waals surface area contributed by atoms with Gasteiger partial charge in [0.15, 0.2) is 0 Å². The Labute approximate surface area is 103 Å². The van der Waals surface area contributed by atoms with E-state index in [1.165, 1.54) is 19.3 Å². The molecule has 5 heteroatoms. The van der Waals surface area contributed by atoms with Gasteiger partial charge in [-0.05, 0) is 6.42 Å². The van der Waals surface area contributed by atoms with Gasteiger partial charge >= 0.3 is 5.97 Å². The first-order valence-electron chi connectivity index (χ1n) is 5.43. The van der Waals surface area contributed by atoms with E-state index in [2.05, 4.69) is 12.4 Å². The van der Waals surface area contributed by atoms with Crippen LogP contribution in [0, 0.1) is 0 Å². The molecule has 0 aliphatic carbocycles. The minimum absolute atomic E-state index is 0. The zero-order valence-corrected chi connectivity index (χ0v) is 10.3. The summed E-state index contributed by atoms with van der Waals surface area (Å²) in [5, 5.41) is 0. The fourth-order valence-corrected chi connectivity index (χ4v) is 1.11. The summed E-state index contributed by atoms with van der Waals surface area (Å²) in [6.07, 6.45) is 6.22. The van der Waals surface area contributed by atoms with Crippen molar-refractivity contribution in [2.45, 2.75) is 45.4 Å². The molecule has 1 radical (unpaired) electrons. The van der Waals surface area contributed by atoms with Crippen molar-refractivity contribution in [2.24, 2.45) is 5.73 Å². The summed E-state index contributed by atoms with van der Waals surface area (Å²) >= 11 is 0. The van der Waals surface area contributed by atoms with Crippen LogP contribution in [0.4, 0.5) is 0 Å². The van der Waals surface area contributed by atoms with Crippen LogP contribution in [0.25, 0.3) is 0 Å². The molecular weight excluding hydrogens is 244 g/mol. The number of unbranched alkanes of at least 4 members (excludes halogenated alkanes) is 4. The van der Waals surface area contributed by atoms with Crippen molar-refractivity contribution in [1.82, 2.24) is 5.48 Å². The third-order valence-electron chi connectivity index (χ3n) is 1.92. The first-order chi connectivity index (χ1) is 6.81. The maximum atomic E-state index is 11.0. The second-order valence-corrected chi connectivity index (χ2v) is 3.32. The number of carbonyl (C=O) groups excluding carboxylic acids is 1. The summed E-state index contributed by atoms with van der Waals surface area (Å²) in [5.74, 6) is -0.185. The zero-order valence-electron chi connectivity index (χ0n) is 9.35. The molecule has 0 heterocycles. The Hall–Kier alpha value is -0.0905. The van der Waals surface area contributed by atoms with Gasteiger partial charge in [-0.1, -0.05) is 32.6 Å². The predicted octanol–water partition coefficient (Wildman–Crippen LogP) is 1.35. The average Bonchev–Trinajstić information content (AvgIpc) is 2.18. The summed E-state index contributed by atoms with van der Waals surface area (Å²) in [4.78, 5) is 15.7. The van der Waals surface area contributed by atoms with Crippen molar-refractivity contribution in [3.05, 3.63) is 0 Å². The van der Waals surface area contributed by atoms with Crippen molar-refractivity contribution in [3.63, 3.8) is 0 Å². The van der Waals surface area contributed by atoms with Crippen LogP contribution in [0.1, 0.15) is 45.4 Å². The fourth-order valence-electron chi connectivity index (χ4n) is 1.11. The van der Waals surface area contributed by atoms with Gasteiger partial charge in [0, 0.05) is 36.6 Å². The molecule has 0 saturated heterocycles. The summed E-state index contributed by atoms with van der Waals surface area (Å²) in [5.41, 5.74) is 7.73. The summed E-state index contributed by atoms with van der Waals surface area (Å²) in [6.45, 7) is 3.16. The van der Waals surface area contributed by atoms with Gasteiger partial charge in [0.05, 0.1) is 0 Å². The van der Waals surface area contributed by atoms with E-state index < -0.39 is 0 Å². The second kappa shape index (κ2) is 13.9. The van der Waals surface area contributed by atoms with Crippen LogP contribution in [0.15, 0.2) is 0 Å². The number of hydrogen-bond acceptors (Lipinski definition) is 4. The Kier molecular flexibility index (Phi) is 16.1. The van der Waals surface area contributed by atoms with Crippen LogP contribution in [0.2, 0.25) is 0 Å². The molecule has 0 saturated carbocycles. The number of nitrogens with one attached hydrogen (secondary N) is 1. The molecule has 0 aromatic heterocycles. The molecule has 95 valence electrons. The molecule has 0 spiro atoms. The van der Waals surface area contributed by atoms with Crippen molar-refractivity contribution in [2.75, 3.05) is 13.1 Å². The zero-order chi connectivity index (χ0) is 10.6. The number of rotatable bonds is 9. The molecule has 4 nitrogen and oxygen atoms in total. The SMILES string of the molecule is CCCCCCCC(=O)ONCCN.[Cu]. The molecule has 15 heavy (non-hydrogen) atoms. The number of hydrogen-bond donors (Lipinski definition) is 2. The van der Waals surface area contributed by atoms with E-state index in [9.17, 15) is 4.79 Å². The maximum absolute atomic E-state index is 11.0. The van der Waals surface area contributed by atoms with Crippen LogP contribution < -0.4 is 11.2 Å². The molecule has 0 bridgehead atoms. The van der Waals surface area contributed by atoms with Crippen molar-refractivity contribution in [1.29, 1.82) is 0 Å². The minimum atomic E-state index is -0.185. The van der Waals surface area contributed by atoms with Gasteiger partial charge in [-0.25, -0.2) is 0 Å². The third kappa shape index (κ3) is 13.9. The van der Waals surface area contributed by atoms with Crippen LogP contribution in [-0.2, 0) is 26.7 Å². The van der Waals surface area contributed by atoms with Crippen LogP contribution in [0.3, 0.4) is 0 Å². The van der Waals surface area contributed by atoms with Gasteiger partial charge in [-0.15, -0.1) is 0 Å². The van der Waals surface area contributed by atoms with Gasteiger partial charge in [0.2, 0.25) is 0 Å². The quantitative estimate of drug-likeness (QED) is 0.375. The van der Waals surface area contributed by atoms with E-state index >= 15 is 0 Å². The monoisotopic (exact) mass is 265 g/mol. The summed E-state index contributed by atoms with van der Waals surface area (Å²) in [7, 11) is 0. The molecule has 0 fully saturated rings. The predicted molar refractivity (Wildman–Crippen MR) is 56.5 cm³/mol. The molecule has 0 rings (SSSR count). The first-order valence-corrected chi connectivity index (χ1v) is 5.43. The molecule has 0 unspecified atom stereocenters. The van der Waals surface area contributed by atoms with Crippen LogP contribution in [0.5, 0.6) is 0 Å². The molecule has 3 N–H and O–H groups in total. The maximum Gasteiger partial charge on any atom is 0.324 e. The Morgan fingerprint density at radius 1 is 1.27 bits per heavy atom. The Balaban J connectivity index is 0. The fraction of sp³-hybridized carbons (Fsp3) is 0.900. The number of carbonyl (C=O) groups is 1. The number of hydroxylamine groups is 1. The van der Waals surface area contributed by atoms with E-state index in [0.717, 1.165) is 12.8 Å². The normalized spacial score (nSPS) is 9.47. The Morgan fingerprint density at radius 3 is 2.53 bits per heavy atom. The van der Waals surface area contributed by atoms with E-state index in [1.54, 1.807) is 0 Å². The van der Waals surface area contributed by atoms with E-state index in [1.807, 2.05) is 0 Å². The van der Waals surface area contributed by atoms with E-state index in [0.29, 0.717) is 19.5 Å². The van der Waals surface area contributed by atoms with Gasteiger partial charge < -0.3 is 10.6 Å². The smallest absolute Gasteiger partial charge is 0.324 e. The van der Waals surface area contributed by atoms with E-state index in [-0.39, 0.29) is 23.0 Å². The third-order valence-corrected chi connectivity index (χ3v) is 1.92. The summed E-state index contributed by atoms with van der Waals surface area (Å²) < 4.78 is 0. The van der Waals surface area contributed by atoms with Gasteiger partial charge in [-0.2, -0.15) is 5.48 Å². The molecule has 0 aliphatic rings. The molecule has 0 aromatic carbocycles. The topological polar surface area (TPSA) is 64.3 Å². The van der Waals surface area contributed by atoms with E-state index in [4.69, 9.17) is 10.6 Å². The van der Waals surface area contributed by atoms with Gasteiger partial charge in [0.25, 0.3) is 0 Å². The summed E-state index contributed by atoms with van der Waals surface area (Å²) in [6, 6.07) is 0. The minimum Gasteiger partial charge on any atom is -0.371 e. The first kappa shape index (κ1) is 17.3. The molecule has 0 amide bonds. The second-order valence-electron chi connectivity index (χ2n) is 3.32. The molecular formula is C10H22CuN2O2. The molecule has 0 atom stereocenters. The largest absolute Gasteiger partial charge is 0.371 e. The molecule has 0 aliphatic heterocycles. The van der Waals surface area contributed by atoms with Crippen molar-refractivity contribution in [3.8, 4) is 0 Å². The van der Waals surface area contributed by atoms with Crippen LogP contribution >= 0.6 is 0 Å². The molecule has 0 aromatic rings. The van der Waals surface area contributed by atoms with Gasteiger partial charge in [-0.3, -0.25) is 4.79 Å². The van der Waals surface area contributed by atoms with Crippen molar-refractivity contribution >= 4 is 5.97 Å². The van der Waals surface area contributed by atoms with Crippen LogP contribution in [-0.4, -0.2) is 19.1 Å². The van der Waals surface area contributed by atoms with Crippen molar-refractivity contribution < 1.29 is 26.7 Å². The van der Waals surface area contributed by atoms with Gasteiger partial charge in [0.1, 0.15) is 0 Å². The Bertz CT molecular complexity index is 145. The standard InChI is InChI=1S/C10H22N2O2.Cu/c1-2-3-4-5-6-7-10(13)14-12-9-8-11;/h12H,2-9,11H2,1H3;.